The molecule has 0 aliphatic heterocycles. The van der Waals surface area contributed by atoms with Gasteiger partial charge in [-0.3, -0.25) is 0 Å². The van der Waals surface area contributed by atoms with Gasteiger partial charge in [-0.1, -0.05) is 19.9 Å². The van der Waals surface area contributed by atoms with Crippen LogP contribution in [0.1, 0.15) is 19.8 Å². The molecule has 0 fully saturated rings. The third-order valence-corrected chi connectivity index (χ3v) is 0.909. The number of carbonyl (C=O) groups is 1. The van der Waals surface area contributed by atoms with Crippen molar-refractivity contribution in [2.45, 2.75) is 19.8 Å². The number of esters is 1. The summed E-state index contributed by atoms with van der Waals surface area (Å²) in [5, 5.41) is 13.6. The Hall–Kier alpha value is -1.59. The lowest BCUT2D eigenvalue weighted by Crippen LogP contribution is -2.00. The molecule has 0 heterocycles. The van der Waals surface area contributed by atoms with Crippen LogP contribution in [0.3, 0.4) is 0 Å². The Labute approximate surface area is 75.9 Å². The van der Waals surface area contributed by atoms with Crippen molar-refractivity contribution in [3.05, 3.63) is 22.8 Å². The molecular formula is C7H13NO5. The van der Waals surface area contributed by atoms with Crippen molar-refractivity contribution in [3.63, 3.8) is 0 Å². The van der Waals surface area contributed by atoms with E-state index >= 15 is 0 Å². The normalized spacial score (nSPS) is 7.77. The van der Waals surface area contributed by atoms with Crippen molar-refractivity contribution in [1.82, 2.24) is 0 Å². The summed E-state index contributed by atoms with van der Waals surface area (Å²) < 4.78 is 4.67. The fourth-order valence-electron chi connectivity index (χ4n) is 0.376. The van der Waals surface area contributed by atoms with Gasteiger partial charge in [0.1, 0.15) is 0 Å². The molecule has 0 bridgehead atoms. The summed E-state index contributed by atoms with van der Waals surface area (Å²) in [6, 6.07) is 0. The highest BCUT2D eigenvalue weighted by atomic mass is 16.9. The van der Waals surface area contributed by atoms with Crippen LogP contribution in [0.25, 0.3) is 0 Å². The zero-order chi connectivity index (χ0) is 10.7. The number of carbonyl (C=O) groups excluding carboxylic acids is 1. The lowest BCUT2D eigenvalue weighted by Gasteiger charge is -1.97. The number of nitrogens with zero attached hydrogens (tertiary/aromatic N) is 1. The molecule has 0 aliphatic carbocycles. The summed E-state index contributed by atoms with van der Waals surface area (Å²) in [5.41, 5.74) is 0. The fourth-order valence-corrected chi connectivity index (χ4v) is 0.376. The smallest absolute Gasteiger partial charge is 0.330 e. The van der Waals surface area contributed by atoms with E-state index in [0.29, 0.717) is 6.61 Å². The first kappa shape index (κ1) is 14.0. The number of ether oxygens (including phenoxy) is 1. The van der Waals surface area contributed by atoms with E-state index in [2.05, 4.69) is 11.3 Å². The molecular weight excluding hydrogens is 178 g/mol. The van der Waals surface area contributed by atoms with Gasteiger partial charge in [-0.05, 0) is 6.42 Å². The number of hydrogen-bond donors (Lipinski definition) is 1. The zero-order valence-electron chi connectivity index (χ0n) is 7.43. The highest BCUT2D eigenvalue weighted by Crippen LogP contribution is 1.88. The highest BCUT2D eigenvalue weighted by molar-refractivity contribution is 5.81. The molecule has 6 nitrogen and oxygen atoms in total. The van der Waals surface area contributed by atoms with Crippen molar-refractivity contribution >= 4 is 5.97 Å². The molecule has 0 rings (SSSR count). The maximum atomic E-state index is 10.3. The average molecular weight is 191 g/mol. The second-order valence-electron chi connectivity index (χ2n) is 1.96. The number of unbranched alkanes of at least 4 members (excludes halogenated alkanes) is 1. The molecule has 0 aromatic heterocycles. The molecule has 1 N–H and O–H groups in total. The number of hydrogen-bond acceptors (Lipinski definition) is 4. The van der Waals surface area contributed by atoms with Crippen molar-refractivity contribution in [3.8, 4) is 0 Å². The Balaban J connectivity index is 0. The van der Waals surface area contributed by atoms with Crippen molar-refractivity contribution in [1.29, 1.82) is 0 Å². The summed E-state index contributed by atoms with van der Waals surface area (Å²) in [4.78, 5) is 18.7. The second kappa shape index (κ2) is 10.4. The molecule has 0 radical (unpaired) electrons. The van der Waals surface area contributed by atoms with Crippen LogP contribution in [-0.2, 0) is 9.53 Å². The van der Waals surface area contributed by atoms with E-state index in [1.807, 2.05) is 6.92 Å². The minimum absolute atomic E-state index is 0.330. The average Bonchev–Trinajstić information content (AvgIpc) is 2.03. The predicted molar refractivity (Wildman–Crippen MR) is 44.8 cm³/mol. The van der Waals surface area contributed by atoms with Gasteiger partial charge in [0, 0.05) is 6.08 Å². The Kier molecular flexibility index (Phi) is 11.2. The van der Waals surface area contributed by atoms with Gasteiger partial charge in [-0.15, -0.1) is 10.1 Å². The maximum Gasteiger partial charge on any atom is 0.330 e. The van der Waals surface area contributed by atoms with Gasteiger partial charge < -0.3 is 9.94 Å². The summed E-state index contributed by atoms with van der Waals surface area (Å²) in [6.07, 6.45) is 3.15. The lowest BCUT2D eigenvalue weighted by molar-refractivity contribution is -0.742. The third kappa shape index (κ3) is 25.2. The first-order valence-electron chi connectivity index (χ1n) is 3.67. The van der Waals surface area contributed by atoms with E-state index in [1.165, 1.54) is 6.08 Å². The largest absolute Gasteiger partial charge is 0.463 e. The molecule has 0 atom stereocenters. The third-order valence-electron chi connectivity index (χ3n) is 0.909. The van der Waals surface area contributed by atoms with Crippen LogP contribution in [0.2, 0.25) is 0 Å². The molecule has 0 aliphatic rings. The van der Waals surface area contributed by atoms with Crippen LogP contribution in [0.4, 0.5) is 0 Å². The van der Waals surface area contributed by atoms with E-state index in [4.69, 9.17) is 15.3 Å². The quantitative estimate of drug-likeness (QED) is 0.237. The zero-order valence-corrected chi connectivity index (χ0v) is 7.43. The summed E-state index contributed by atoms with van der Waals surface area (Å²) in [7, 11) is 0. The second-order valence-corrected chi connectivity index (χ2v) is 1.96. The van der Waals surface area contributed by atoms with Gasteiger partial charge in [-0.25, -0.2) is 4.79 Å². The molecule has 6 heteroatoms. The summed E-state index contributed by atoms with van der Waals surface area (Å²) in [6.45, 7) is 5.82. The lowest BCUT2D eigenvalue weighted by atomic mass is 10.4. The first-order valence-corrected chi connectivity index (χ1v) is 3.67. The van der Waals surface area contributed by atoms with Gasteiger partial charge in [-0.2, -0.15) is 0 Å². The Morgan fingerprint density at radius 2 is 2.23 bits per heavy atom. The van der Waals surface area contributed by atoms with Gasteiger partial charge in [0.2, 0.25) is 0 Å². The van der Waals surface area contributed by atoms with Crippen LogP contribution in [-0.4, -0.2) is 22.9 Å². The molecule has 0 saturated heterocycles. The Morgan fingerprint density at radius 3 is 2.54 bits per heavy atom. The molecule has 0 aromatic rings. The Morgan fingerprint density at radius 1 is 1.77 bits per heavy atom. The van der Waals surface area contributed by atoms with Gasteiger partial charge >= 0.3 is 5.97 Å². The van der Waals surface area contributed by atoms with Crippen molar-refractivity contribution in [2.75, 3.05) is 6.61 Å². The monoisotopic (exact) mass is 191 g/mol. The SMILES string of the molecule is C=CC(=O)OCCCC.O=[N+]([O-])O. The minimum Gasteiger partial charge on any atom is -0.463 e. The van der Waals surface area contributed by atoms with E-state index < -0.39 is 5.09 Å². The van der Waals surface area contributed by atoms with E-state index in [-0.39, 0.29) is 5.97 Å². The van der Waals surface area contributed by atoms with Crippen LogP contribution < -0.4 is 0 Å². The van der Waals surface area contributed by atoms with Crippen LogP contribution in [0.15, 0.2) is 12.7 Å². The molecule has 76 valence electrons. The standard InChI is InChI=1S/C7H12O2.HNO3/c1-3-5-6-9-7(8)4-2;2-1(3)4/h4H,2-3,5-6H2,1H3;(H,2,3,4). The van der Waals surface area contributed by atoms with Crippen LogP contribution >= 0.6 is 0 Å². The fraction of sp³-hybridized carbons (Fsp3) is 0.571. The number of rotatable bonds is 4. The topological polar surface area (TPSA) is 89.7 Å². The predicted octanol–water partition coefficient (Wildman–Crippen LogP) is 1.17. The first-order chi connectivity index (χ1) is 6.04. The van der Waals surface area contributed by atoms with Gasteiger partial charge in [0.05, 0.1) is 6.61 Å². The van der Waals surface area contributed by atoms with Gasteiger partial charge in [0.15, 0.2) is 0 Å². The summed E-state index contributed by atoms with van der Waals surface area (Å²) >= 11 is 0. The van der Waals surface area contributed by atoms with E-state index in [1.54, 1.807) is 0 Å². The van der Waals surface area contributed by atoms with Crippen molar-refractivity contribution in [2.24, 2.45) is 0 Å². The molecule has 0 spiro atoms. The molecule has 0 amide bonds. The maximum absolute atomic E-state index is 10.3. The summed E-state index contributed by atoms with van der Waals surface area (Å²) in [5.74, 6) is -0.330. The van der Waals surface area contributed by atoms with Gasteiger partial charge in [0.25, 0.3) is 5.09 Å². The Bertz CT molecular complexity index is 164. The highest BCUT2D eigenvalue weighted by Gasteiger charge is 1.91. The van der Waals surface area contributed by atoms with Crippen LogP contribution in [0.5, 0.6) is 0 Å². The van der Waals surface area contributed by atoms with Crippen LogP contribution in [0, 0.1) is 10.1 Å². The molecule has 13 heavy (non-hydrogen) atoms. The molecule has 0 unspecified atom stereocenters. The van der Waals surface area contributed by atoms with Crippen molar-refractivity contribution < 1.29 is 19.8 Å². The molecule has 0 aromatic carbocycles. The molecule has 0 saturated carbocycles. The minimum atomic E-state index is -1.50. The van der Waals surface area contributed by atoms with E-state index in [9.17, 15) is 4.79 Å². The van der Waals surface area contributed by atoms with E-state index in [0.717, 1.165) is 12.8 Å².